The van der Waals surface area contributed by atoms with Gasteiger partial charge in [-0.1, -0.05) is 0 Å². The highest BCUT2D eigenvalue weighted by atomic mass is 16.6. The number of hydrogen-bond acceptors (Lipinski definition) is 4. The number of carbonyl (C=O) groups is 1. The van der Waals surface area contributed by atoms with E-state index in [1.54, 1.807) is 0 Å². The Labute approximate surface area is 70.5 Å². The molecule has 0 aliphatic carbocycles. The van der Waals surface area contributed by atoms with Crippen molar-refractivity contribution in [3.8, 4) is 0 Å². The molecule has 68 valence electrons. The molecular weight excluding hydrogens is 160 g/mol. The van der Waals surface area contributed by atoms with Gasteiger partial charge in [-0.25, -0.2) is 0 Å². The van der Waals surface area contributed by atoms with Gasteiger partial charge >= 0.3 is 5.97 Å². The van der Waals surface area contributed by atoms with Gasteiger partial charge in [0.05, 0.1) is 13.2 Å². The molecule has 0 bridgehead atoms. The molecule has 0 aromatic carbocycles. The van der Waals surface area contributed by atoms with Crippen LogP contribution in [0.1, 0.15) is 19.3 Å². The average molecular weight is 172 g/mol. The van der Waals surface area contributed by atoms with Gasteiger partial charge in [0, 0.05) is 12.8 Å². The quantitative estimate of drug-likeness (QED) is 0.568. The molecular formula is C8H12O4. The van der Waals surface area contributed by atoms with Crippen molar-refractivity contribution in [2.24, 2.45) is 5.92 Å². The summed E-state index contributed by atoms with van der Waals surface area (Å²) in [6.07, 6.45) is 1.95. The fourth-order valence-corrected chi connectivity index (χ4v) is 1.83. The van der Waals surface area contributed by atoms with Crippen molar-refractivity contribution in [3.05, 3.63) is 0 Å². The van der Waals surface area contributed by atoms with Crippen LogP contribution in [-0.2, 0) is 14.3 Å². The van der Waals surface area contributed by atoms with Crippen molar-refractivity contribution < 1.29 is 19.4 Å². The van der Waals surface area contributed by atoms with E-state index in [2.05, 4.69) is 0 Å². The first-order valence-electron chi connectivity index (χ1n) is 4.25. The maximum absolute atomic E-state index is 11.1. The van der Waals surface area contributed by atoms with Crippen LogP contribution in [-0.4, -0.2) is 30.1 Å². The lowest BCUT2D eigenvalue weighted by atomic mass is 9.95. The van der Waals surface area contributed by atoms with Crippen molar-refractivity contribution >= 4 is 5.97 Å². The van der Waals surface area contributed by atoms with Gasteiger partial charge in [-0.3, -0.25) is 4.79 Å². The maximum Gasteiger partial charge on any atom is 0.314 e. The Balaban J connectivity index is 2.11. The molecule has 2 aliphatic rings. The van der Waals surface area contributed by atoms with Gasteiger partial charge in [-0.15, -0.1) is 0 Å². The molecule has 0 spiro atoms. The van der Waals surface area contributed by atoms with E-state index in [1.165, 1.54) is 0 Å². The van der Waals surface area contributed by atoms with Gasteiger partial charge in [-0.05, 0) is 6.42 Å². The van der Waals surface area contributed by atoms with Crippen molar-refractivity contribution in [2.45, 2.75) is 25.0 Å². The van der Waals surface area contributed by atoms with Gasteiger partial charge in [0.15, 0.2) is 5.79 Å². The van der Waals surface area contributed by atoms with E-state index in [9.17, 15) is 9.90 Å². The number of aliphatic hydroxyl groups is 1. The predicted octanol–water partition coefficient (Wildman–Crippen LogP) is 0.0485. The van der Waals surface area contributed by atoms with Gasteiger partial charge in [0.1, 0.15) is 5.92 Å². The summed E-state index contributed by atoms with van der Waals surface area (Å²) in [6, 6.07) is 0. The second-order valence-corrected chi connectivity index (χ2v) is 3.31. The Morgan fingerprint density at radius 3 is 2.83 bits per heavy atom. The molecule has 4 heteroatoms. The molecule has 0 radical (unpaired) electrons. The van der Waals surface area contributed by atoms with Crippen LogP contribution in [0.25, 0.3) is 0 Å². The summed E-state index contributed by atoms with van der Waals surface area (Å²) < 4.78 is 9.91. The van der Waals surface area contributed by atoms with Gasteiger partial charge in [0.2, 0.25) is 0 Å². The van der Waals surface area contributed by atoms with Gasteiger partial charge in [-0.2, -0.15) is 0 Å². The average Bonchev–Trinajstić information content (AvgIpc) is 2.59. The van der Waals surface area contributed by atoms with Crippen molar-refractivity contribution in [1.29, 1.82) is 0 Å². The molecule has 2 unspecified atom stereocenters. The largest absolute Gasteiger partial charge is 0.465 e. The summed E-state index contributed by atoms with van der Waals surface area (Å²) in [6.45, 7) is 0.954. The maximum atomic E-state index is 11.1. The molecule has 12 heavy (non-hydrogen) atoms. The molecule has 2 rings (SSSR count). The van der Waals surface area contributed by atoms with Crippen LogP contribution in [0.15, 0.2) is 0 Å². The van der Waals surface area contributed by atoms with E-state index in [-0.39, 0.29) is 5.97 Å². The molecule has 2 saturated heterocycles. The SMILES string of the molecule is O=C1OCCC1C1(O)CCCO1. The third-order valence-corrected chi connectivity index (χ3v) is 2.51. The zero-order valence-corrected chi connectivity index (χ0v) is 6.78. The highest BCUT2D eigenvalue weighted by Gasteiger charge is 2.48. The monoisotopic (exact) mass is 172 g/mol. The summed E-state index contributed by atoms with van der Waals surface area (Å²) in [5.41, 5.74) is 0. The Bertz CT molecular complexity index is 195. The van der Waals surface area contributed by atoms with E-state index in [0.29, 0.717) is 26.1 Å². The van der Waals surface area contributed by atoms with Crippen LogP contribution < -0.4 is 0 Å². The van der Waals surface area contributed by atoms with Crippen LogP contribution >= 0.6 is 0 Å². The molecule has 2 aliphatic heterocycles. The van der Waals surface area contributed by atoms with Crippen LogP contribution in [0.3, 0.4) is 0 Å². The summed E-state index contributed by atoms with van der Waals surface area (Å²) in [4.78, 5) is 11.1. The second-order valence-electron chi connectivity index (χ2n) is 3.31. The molecule has 4 nitrogen and oxygen atoms in total. The minimum Gasteiger partial charge on any atom is -0.465 e. The zero-order chi connectivity index (χ0) is 8.60. The number of ether oxygens (including phenoxy) is 2. The van der Waals surface area contributed by atoms with E-state index in [1.807, 2.05) is 0 Å². The van der Waals surface area contributed by atoms with Gasteiger partial charge in [0.25, 0.3) is 0 Å². The van der Waals surface area contributed by atoms with Crippen LogP contribution in [0.4, 0.5) is 0 Å². The lowest BCUT2D eigenvalue weighted by Crippen LogP contribution is -2.39. The molecule has 0 amide bonds. The Kier molecular flexibility index (Phi) is 1.81. The highest BCUT2D eigenvalue weighted by Crippen LogP contribution is 2.35. The standard InChI is InChI=1S/C8H12O4/c9-7-6(2-5-11-7)8(10)3-1-4-12-8/h6,10H,1-5H2. The Morgan fingerprint density at radius 2 is 2.33 bits per heavy atom. The molecule has 0 aromatic heterocycles. The van der Waals surface area contributed by atoms with Gasteiger partial charge < -0.3 is 14.6 Å². The first kappa shape index (κ1) is 8.01. The number of cyclic esters (lactones) is 1. The first-order valence-corrected chi connectivity index (χ1v) is 4.25. The molecule has 2 atom stereocenters. The van der Waals surface area contributed by atoms with Crippen LogP contribution in [0.5, 0.6) is 0 Å². The summed E-state index contributed by atoms with van der Waals surface area (Å²) >= 11 is 0. The van der Waals surface area contributed by atoms with Crippen molar-refractivity contribution in [2.75, 3.05) is 13.2 Å². The lowest BCUT2D eigenvalue weighted by Gasteiger charge is -2.25. The molecule has 2 fully saturated rings. The zero-order valence-electron chi connectivity index (χ0n) is 6.78. The third-order valence-electron chi connectivity index (χ3n) is 2.51. The number of rotatable bonds is 1. The third kappa shape index (κ3) is 1.11. The Hall–Kier alpha value is -0.610. The molecule has 2 heterocycles. The van der Waals surface area contributed by atoms with E-state index >= 15 is 0 Å². The smallest absolute Gasteiger partial charge is 0.314 e. The summed E-state index contributed by atoms with van der Waals surface area (Å²) in [5.74, 6) is -2.01. The first-order chi connectivity index (χ1) is 5.72. The fourth-order valence-electron chi connectivity index (χ4n) is 1.83. The molecule has 0 aromatic rings. The fraction of sp³-hybridized carbons (Fsp3) is 0.875. The number of carbonyl (C=O) groups excluding carboxylic acids is 1. The van der Waals surface area contributed by atoms with Crippen LogP contribution in [0, 0.1) is 5.92 Å². The number of hydrogen-bond donors (Lipinski definition) is 1. The topological polar surface area (TPSA) is 55.8 Å². The molecule has 0 saturated carbocycles. The minimum absolute atomic E-state index is 0.320. The van der Waals surface area contributed by atoms with Crippen molar-refractivity contribution in [3.63, 3.8) is 0 Å². The van der Waals surface area contributed by atoms with E-state index in [0.717, 1.165) is 6.42 Å². The summed E-state index contributed by atoms with van der Waals surface area (Å²) in [5, 5.41) is 9.84. The van der Waals surface area contributed by atoms with E-state index in [4.69, 9.17) is 9.47 Å². The van der Waals surface area contributed by atoms with Crippen LogP contribution in [0.2, 0.25) is 0 Å². The predicted molar refractivity (Wildman–Crippen MR) is 39.2 cm³/mol. The summed E-state index contributed by atoms with van der Waals surface area (Å²) in [7, 11) is 0. The Morgan fingerprint density at radius 1 is 1.50 bits per heavy atom. The second kappa shape index (κ2) is 2.71. The van der Waals surface area contributed by atoms with E-state index < -0.39 is 11.7 Å². The normalized spacial score (nSPS) is 41.8. The molecule has 1 N–H and O–H groups in total. The highest BCUT2D eigenvalue weighted by molar-refractivity contribution is 5.75. The number of esters is 1. The lowest BCUT2D eigenvalue weighted by molar-refractivity contribution is -0.208. The van der Waals surface area contributed by atoms with Crippen molar-refractivity contribution in [1.82, 2.24) is 0 Å². The minimum atomic E-state index is -1.23.